The van der Waals surface area contributed by atoms with E-state index in [2.05, 4.69) is 6.92 Å². The van der Waals surface area contributed by atoms with Gasteiger partial charge in [-0.3, -0.25) is 0 Å². The molecule has 1 aliphatic rings. The van der Waals surface area contributed by atoms with Crippen LogP contribution >= 0.6 is 0 Å². The summed E-state index contributed by atoms with van der Waals surface area (Å²) in [7, 11) is 0. The van der Waals surface area contributed by atoms with Crippen LogP contribution in [-0.2, 0) is 9.47 Å². The van der Waals surface area contributed by atoms with Gasteiger partial charge in [-0.2, -0.15) is 0 Å². The van der Waals surface area contributed by atoms with Crippen LogP contribution in [0.15, 0.2) is 0 Å². The van der Waals surface area contributed by atoms with Crippen molar-refractivity contribution >= 4 is 0 Å². The van der Waals surface area contributed by atoms with Gasteiger partial charge in [-0.05, 0) is 6.42 Å². The summed E-state index contributed by atoms with van der Waals surface area (Å²) in [5.74, 6) is 0. The SMILES string of the molecule is [CH2]CCCCCCCCCOCC1CO1. The standard InChI is InChI=1S/C13H25O2/c1-2-3-4-5-6-7-8-9-10-14-11-13-12-15-13/h13H,1-12H2. The first-order chi connectivity index (χ1) is 7.43. The molecule has 1 rings (SSSR count). The molecule has 0 N–H and O–H groups in total. The summed E-state index contributed by atoms with van der Waals surface area (Å²) >= 11 is 0. The first kappa shape index (κ1) is 13.0. The van der Waals surface area contributed by atoms with Gasteiger partial charge < -0.3 is 9.47 Å². The van der Waals surface area contributed by atoms with Crippen molar-refractivity contribution in [3.05, 3.63) is 6.92 Å². The summed E-state index contributed by atoms with van der Waals surface area (Å²) in [6.45, 7) is 6.48. The molecule has 2 heteroatoms. The average Bonchev–Trinajstić information content (AvgIpc) is 3.05. The number of ether oxygens (including phenoxy) is 2. The maximum Gasteiger partial charge on any atom is 0.104 e. The number of epoxide rings is 1. The van der Waals surface area contributed by atoms with Gasteiger partial charge >= 0.3 is 0 Å². The van der Waals surface area contributed by atoms with E-state index in [-0.39, 0.29) is 0 Å². The highest BCUT2D eigenvalue weighted by molar-refractivity contribution is 4.66. The Balaban J connectivity index is 1.62. The molecular formula is C13H25O2. The van der Waals surface area contributed by atoms with Crippen molar-refractivity contribution in [1.29, 1.82) is 0 Å². The summed E-state index contributed by atoms with van der Waals surface area (Å²) in [5, 5.41) is 0. The van der Waals surface area contributed by atoms with Crippen LogP contribution in [0.5, 0.6) is 0 Å². The number of unbranched alkanes of at least 4 members (excludes halogenated alkanes) is 7. The van der Waals surface area contributed by atoms with Gasteiger partial charge in [0.15, 0.2) is 0 Å². The smallest absolute Gasteiger partial charge is 0.104 e. The van der Waals surface area contributed by atoms with Crippen molar-refractivity contribution in [3.8, 4) is 0 Å². The molecule has 1 heterocycles. The van der Waals surface area contributed by atoms with E-state index in [1.165, 1.54) is 44.9 Å². The second-order valence-corrected chi connectivity index (χ2v) is 4.36. The Morgan fingerprint density at radius 3 is 2.20 bits per heavy atom. The largest absolute Gasteiger partial charge is 0.379 e. The molecule has 0 aliphatic carbocycles. The second kappa shape index (κ2) is 9.17. The molecule has 89 valence electrons. The molecule has 1 atom stereocenters. The van der Waals surface area contributed by atoms with E-state index in [4.69, 9.17) is 9.47 Å². The van der Waals surface area contributed by atoms with Crippen molar-refractivity contribution in [2.45, 2.75) is 57.5 Å². The molecule has 0 spiro atoms. The van der Waals surface area contributed by atoms with Crippen molar-refractivity contribution < 1.29 is 9.47 Å². The molecule has 1 aliphatic heterocycles. The molecule has 1 unspecified atom stereocenters. The lowest BCUT2D eigenvalue weighted by molar-refractivity contribution is 0.113. The van der Waals surface area contributed by atoms with Crippen molar-refractivity contribution in [2.24, 2.45) is 0 Å². The summed E-state index contributed by atoms with van der Waals surface area (Å²) in [4.78, 5) is 0. The fourth-order valence-electron chi connectivity index (χ4n) is 1.64. The molecule has 0 aromatic rings. The molecule has 0 aromatic carbocycles. The molecule has 0 aromatic heterocycles. The van der Waals surface area contributed by atoms with Crippen LogP contribution in [0.3, 0.4) is 0 Å². The van der Waals surface area contributed by atoms with Crippen LogP contribution in [-0.4, -0.2) is 25.9 Å². The quantitative estimate of drug-likeness (QED) is 0.388. The van der Waals surface area contributed by atoms with Crippen LogP contribution < -0.4 is 0 Å². The van der Waals surface area contributed by atoms with Gasteiger partial charge in [0.25, 0.3) is 0 Å². The van der Waals surface area contributed by atoms with E-state index < -0.39 is 0 Å². The van der Waals surface area contributed by atoms with Crippen LogP contribution in [0.25, 0.3) is 0 Å². The van der Waals surface area contributed by atoms with E-state index in [9.17, 15) is 0 Å². The normalized spacial score (nSPS) is 19.4. The third-order valence-electron chi connectivity index (χ3n) is 2.74. The number of rotatable bonds is 11. The minimum absolute atomic E-state index is 0.424. The zero-order valence-electron chi connectivity index (χ0n) is 9.88. The average molecular weight is 213 g/mol. The molecule has 0 amide bonds. The molecule has 0 saturated carbocycles. The Morgan fingerprint density at radius 1 is 1.00 bits per heavy atom. The Kier molecular flexibility index (Phi) is 7.94. The predicted octanol–water partition coefficient (Wildman–Crippen LogP) is 3.36. The molecule has 1 fully saturated rings. The van der Waals surface area contributed by atoms with E-state index in [1.54, 1.807) is 0 Å². The molecular weight excluding hydrogens is 188 g/mol. The zero-order valence-corrected chi connectivity index (χ0v) is 9.88. The highest BCUT2D eigenvalue weighted by atomic mass is 16.6. The molecule has 0 bridgehead atoms. The fraction of sp³-hybridized carbons (Fsp3) is 0.923. The van der Waals surface area contributed by atoms with Crippen molar-refractivity contribution in [1.82, 2.24) is 0 Å². The molecule has 2 nitrogen and oxygen atoms in total. The van der Waals surface area contributed by atoms with Crippen molar-refractivity contribution in [3.63, 3.8) is 0 Å². The fourth-order valence-corrected chi connectivity index (χ4v) is 1.64. The van der Waals surface area contributed by atoms with Gasteiger partial charge in [-0.25, -0.2) is 0 Å². The lowest BCUT2D eigenvalue weighted by atomic mass is 10.1. The molecule has 15 heavy (non-hydrogen) atoms. The Morgan fingerprint density at radius 2 is 1.60 bits per heavy atom. The monoisotopic (exact) mass is 213 g/mol. The maximum absolute atomic E-state index is 5.47. The maximum atomic E-state index is 5.47. The summed E-state index contributed by atoms with van der Waals surface area (Å²) in [6.07, 6.45) is 10.8. The third-order valence-corrected chi connectivity index (χ3v) is 2.74. The molecule has 1 saturated heterocycles. The highest BCUT2D eigenvalue weighted by Gasteiger charge is 2.21. The summed E-state index contributed by atoms with van der Waals surface area (Å²) in [6, 6.07) is 0. The topological polar surface area (TPSA) is 21.8 Å². The first-order valence-electron chi connectivity index (χ1n) is 6.42. The van der Waals surface area contributed by atoms with Crippen LogP contribution in [0, 0.1) is 6.92 Å². The van der Waals surface area contributed by atoms with Gasteiger partial charge in [0.1, 0.15) is 6.10 Å². The minimum Gasteiger partial charge on any atom is -0.379 e. The van der Waals surface area contributed by atoms with Gasteiger partial charge in [0.2, 0.25) is 0 Å². The number of hydrogen-bond donors (Lipinski definition) is 0. The third kappa shape index (κ3) is 8.88. The Bertz CT molecular complexity index is 132. The summed E-state index contributed by atoms with van der Waals surface area (Å²) in [5.41, 5.74) is 0. The van der Waals surface area contributed by atoms with Gasteiger partial charge in [-0.1, -0.05) is 51.9 Å². The predicted molar refractivity (Wildman–Crippen MR) is 62.9 cm³/mol. The zero-order chi connectivity index (χ0) is 10.8. The van der Waals surface area contributed by atoms with Crippen LogP contribution in [0.1, 0.15) is 51.4 Å². The second-order valence-electron chi connectivity index (χ2n) is 4.36. The van der Waals surface area contributed by atoms with E-state index in [0.717, 1.165) is 26.2 Å². The van der Waals surface area contributed by atoms with E-state index in [1.807, 2.05) is 0 Å². The minimum atomic E-state index is 0.424. The van der Waals surface area contributed by atoms with E-state index >= 15 is 0 Å². The highest BCUT2D eigenvalue weighted by Crippen LogP contribution is 2.10. The molecule has 1 radical (unpaired) electrons. The Hall–Kier alpha value is -0.0800. The van der Waals surface area contributed by atoms with Gasteiger partial charge in [0.05, 0.1) is 13.2 Å². The van der Waals surface area contributed by atoms with Gasteiger partial charge in [0, 0.05) is 6.61 Å². The number of hydrogen-bond acceptors (Lipinski definition) is 2. The van der Waals surface area contributed by atoms with E-state index in [0.29, 0.717) is 6.10 Å². The first-order valence-corrected chi connectivity index (χ1v) is 6.42. The lowest BCUT2D eigenvalue weighted by Gasteiger charge is -2.02. The lowest BCUT2D eigenvalue weighted by Crippen LogP contribution is -2.02. The Labute approximate surface area is 94.3 Å². The van der Waals surface area contributed by atoms with Crippen LogP contribution in [0.4, 0.5) is 0 Å². The van der Waals surface area contributed by atoms with Gasteiger partial charge in [-0.15, -0.1) is 0 Å². The van der Waals surface area contributed by atoms with Crippen LogP contribution in [0.2, 0.25) is 0 Å². The summed E-state index contributed by atoms with van der Waals surface area (Å²) < 4.78 is 10.5. The van der Waals surface area contributed by atoms with Crippen molar-refractivity contribution in [2.75, 3.05) is 19.8 Å².